The molecule has 1 amide bonds. The number of rotatable bonds is 3. The van der Waals surface area contributed by atoms with Gasteiger partial charge in [0, 0.05) is 5.69 Å². The van der Waals surface area contributed by atoms with Crippen molar-refractivity contribution in [2.75, 3.05) is 11.1 Å². The molecule has 0 aromatic heterocycles. The SMILES string of the molecule is Nc1ccccc1C(=O)Nc1cccc(Cl)c1C(=O)O. The molecule has 0 spiro atoms. The minimum Gasteiger partial charge on any atom is -0.478 e. The number of nitrogen functional groups attached to an aromatic ring is 1. The van der Waals surface area contributed by atoms with Crippen LogP contribution in [0.3, 0.4) is 0 Å². The molecule has 2 aromatic rings. The number of hydrogen-bond donors (Lipinski definition) is 3. The average Bonchev–Trinajstić information content (AvgIpc) is 2.38. The van der Waals surface area contributed by atoms with Crippen molar-refractivity contribution >= 4 is 34.9 Å². The fourth-order valence-corrected chi connectivity index (χ4v) is 1.99. The normalized spacial score (nSPS) is 10.1. The van der Waals surface area contributed by atoms with Crippen LogP contribution in [0.4, 0.5) is 11.4 Å². The van der Waals surface area contributed by atoms with Gasteiger partial charge in [-0.3, -0.25) is 4.79 Å². The Labute approximate surface area is 120 Å². The lowest BCUT2D eigenvalue weighted by atomic mass is 10.1. The molecule has 0 saturated carbocycles. The summed E-state index contributed by atoms with van der Waals surface area (Å²) in [6.45, 7) is 0. The van der Waals surface area contributed by atoms with Gasteiger partial charge in [-0.1, -0.05) is 29.8 Å². The minimum absolute atomic E-state index is 0.0522. The zero-order valence-corrected chi connectivity index (χ0v) is 11.0. The first-order chi connectivity index (χ1) is 9.50. The first kappa shape index (κ1) is 13.9. The quantitative estimate of drug-likeness (QED) is 0.758. The molecule has 0 radical (unpaired) electrons. The Hall–Kier alpha value is -2.53. The lowest BCUT2D eigenvalue weighted by Crippen LogP contribution is -2.16. The van der Waals surface area contributed by atoms with Crippen molar-refractivity contribution in [2.45, 2.75) is 0 Å². The predicted octanol–water partition coefficient (Wildman–Crippen LogP) is 2.87. The molecule has 6 heteroatoms. The number of benzene rings is 2. The molecule has 2 rings (SSSR count). The number of halogens is 1. The van der Waals surface area contributed by atoms with Crippen LogP contribution in [0.15, 0.2) is 42.5 Å². The summed E-state index contributed by atoms with van der Waals surface area (Å²) in [6, 6.07) is 11.0. The van der Waals surface area contributed by atoms with Gasteiger partial charge in [-0.25, -0.2) is 4.79 Å². The van der Waals surface area contributed by atoms with Crippen LogP contribution in [0.1, 0.15) is 20.7 Å². The van der Waals surface area contributed by atoms with Crippen molar-refractivity contribution in [3.05, 3.63) is 58.6 Å². The van der Waals surface area contributed by atoms with Crippen LogP contribution in [-0.4, -0.2) is 17.0 Å². The molecule has 102 valence electrons. The summed E-state index contributed by atoms with van der Waals surface area (Å²) in [4.78, 5) is 23.3. The Bertz CT molecular complexity index is 686. The predicted molar refractivity (Wildman–Crippen MR) is 77.2 cm³/mol. The Morgan fingerprint density at radius 1 is 1.10 bits per heavy atom. The van der Waals surface area contributed by atoms with Gasteiger partial charge in [-0.05, 0) is 24.3 Å². The molecule has 0 bridgehead atoms. The number of carboxylic acids is 1. The summed E-state index contributed by atoms with van der Waals surface area (Å²) < 4.78 is 0. The number of nitrogens with two attached hydrogens (primary N) is 1. The summed E-state index contributed by atoms with van der Waals surface area (Å²) in [5.41, 5.74) is 6.24. The maximum Gasteiger partial charge on any atom is 0.339 e. The summed E-state index contributed by atoms with van der Waals surface area (Å²) in [5.74, 6) is -1.71. The second-order valence-corrected chi connectivity index (χ2v) is 4.42. The molecule has 0 atom stereocenters. The highest BCUT2D eigenvalue weighted by atomic mass is 35.5. The van der Waals surface area contributed by atoms with E-state index in [2.05, 4.69) is 5.32 Å². The largest absolute Gasteiger partial charge is 0.478 e. The van der Waals surface area contributed by atoms with E-state index in [0.717, 1.165) is 0 Å². The van der Waals surface area contributed by atoms with Crippen LogP contribution in [-0.2, 0) is 0 Å². The Balaban J connectivity index is 2.36. The van der Waals surface area contributed by atoms with Gasteiger partial charge in [0.15, 0.2) is 0 Å². The molecule has 0 aliphatic rings. The van der Waals surface area contributed by atoms with E-state index in [1.165, 1.54) is 12.1 Å². The van der Waals surface area contributed by atoms with Gasteiger partial charge >= 0.3 is 5.97 Å². The molecular weight excluding hydrogens is 280 g/mol. The van der Waals surface area contributed by atoms with Crippen LogP contribution in [0.2, 0.25) is 5.02 Å². The molecule has 0 saturated heterocycles. The third kappa shape index (κ3) is 2.73. The third-order valence-corrected chi connectivity index (χ3v) is 3.00. The van der Waals surface area contributed by atoms with Gasteiger partial charge < -0.3 is 16.2 Å². The molecule has 20 heavy (non-hydrogen) atoms. The first-order valence-corrected chi connectivity index (χ1v) is 6.06. The van der Waals surface area contributed by atoms with E-state index in [9.17, 15) is 9.59 Å². The van der Waals surface area contributed by atoms with Crippen molar-refractivity contribution in [3.63, 3.8) is 0 Å². The van der Waals surface area contributed by atoms with Gasteiger partial charge in [0.05, 0.1) is 16.3 Å². The maximum atomic E-state index is 12.1. The number of carboxylic acid groups (broad SMARTS) is 1. The lowest BCUT2D eigenvalue weighted by molar-refractivity contribution is 0.0698. The van der Waals surface area contributed by atoms with Gasteiger partial charge in [-0.15, -0.1) is 0 Å². The van der Waals surface area contributed by atoms with Crippen molar-refractivity contribution in [1.82, 2.24) is 0 Å². The molecule has 0 heterocycles. The summed E-state index contributed by atoms with van der Waals surface area (Å²) >= 11 is 5.83. The van der Waals surface area contributed by atoms with Gasteiger partial charge in [0.25, 0.3) is 5.91 Å². The highest BCUT2D eigenvalue weighted by Gasteiger charge is 2.17. The number of nitrogens with one attached hydrogen (secondary N) is 1. The van der Waals surface area contributed by atoms with Crippen molar-refractivity contribution in [1.29, 1.82) is 0 Å². The van der Waals surface area contributed by atoms with E-state index in [-0.39, 0.29) is 21.8 Å². The van der Waals surface area contributed by atoms with E-state index in [0.29, 0.717) is 5.69 Å². The van der Waals surface area contributed by atoms with Crippen molar-refractivity contribution in [2.24, 2.45) is 0 Å². The first-order valence-electron chi connectivity index (χ1n) is 5.68. The van der Waals surface area contributed by atoms with E-state index < -0.39 is 11.9 Å². The Kier molecular flexibility index (Phi) is 3.91. The van der Waals surface area contributed by atoms with Crippen molar-refractivity contribution < 1.29 is 14.7 Å². The Morgan fingerprint density at radius 3 is 2.45 bits per heavy atom. The second kappa shape index (κ2) is 5.63. The number of carbonyl (C=O) groups excluding carboxylic acids is 1. The highest BCUT2D eigenvalue weighted by molar-refractivity contribution is 6.34. The summed E-state index contributed by atoms with van der Waals surface area (Å²) in [5, 5.41) is 11.7. The van der Waals surface area contributed by atoms with Gasteiger partial charge in [0.2, 0.25) is 0 Å². The van der Waals surface area contributed by atoms with E-state index >= 15 is 0 Å². The van der Waals surface area contributed by atoms with Gasteiger partial charge in [0.1, 0.15) is 5.56 Å². The van der Waals surface area contributed by atoms with E-state index in [1.807, 2.05) is 0 Å². The Morgan fingerprint density at radius 2 is 1.80 bits per heavy atom. The maximum absolute atomic E-state index is 12.1. The third-order valence-electron chi connectivity index (χ3n) is 2.68. The molecule has 5 nitrogen and oxygen atoms in total. The smallest absolute Gasteiger partial charge is 0.339 e. The van der Waals surface area contributed by atoms with Gasteiger partial charge in [-0.2, -0.15) is 0 Å². The second-order valence-electron chi connectivity index (χ2n) is 4.01. The molecule has 4 N–H and O–H groups in total. The monoisotopic (exact) mass is 290 g/mol. The number of carbonyl (C=O) groups is 2. The summed E-state index contributed by atoms with van der Waals surface area (Å²) in [7, 11) is 0. The zero-order chi connectivity index (χ0) is 14.7. The average molecular weight is 291 g/mol. The van der Waals surface area contributed by atoms with Crippen LogP contribution in [0.5, 0.6) is 0 Å². The van der Waals surface area contributed by atoms with Crippen LogP contribution in [0.25, 0.3) is 0 Å². The molecule has 0 unspecified atom stereocenters. The fourth-order valence-electron chi connectivity index (χ4n) is 1.74. The zero-order valence-electron chi connectivity index (χ0n) is 10.3. The topological polar surface area (TPSA) is 92.4 Å². The molecule has 0 aliphatic carbocycles. The van der Waals surface area contributed by atoms with Crippen LogP contribution < -0.4 is 11.1 Å². The number of amides is 1. The number of para-hydroxylation sites is 1. The number of aromatic carboxylic acids is 1. The minimum atomic E-state index is -1.22. The lowest BCUT2D eigenvalue weighted by Gasteiger charge is -2.10. The van der Waals surface area contributed by atoms with E-state index in [4.69, 9.17) is 22.4 Å². The highest BCUT2D eigenvalue weighted by Crippen LogP contribution is 2.25. The standard InChI is InChI=1S/C14H11ClN2O3/c15-9-5-3-7-11(12(9)14(19)20)17-13(18)8-4-1-2-6-10(8)16/h1-7H,16H2,(H,17,18)(H,19,20). The van der Waals surface area contributed by atoms with Crippen LogP contribution in [0, 0.1) is 0 Å². The molecular formula is C14H11ClN2O3. The van der Waals surface area contributed by atoms with E-state index in [1.54, 1.807) is 30.3 Å². The molecule has 0 fully saturated rings. The van der Waals surface area contributed by atoms with Crippen molar-refractivity contribution in [3.8, 4) is 0 Å². The number of hydrogen-bond acceptors (Lipinski definition) is 3. The molecule has 0 aliphatic heterocycles. The molecule has 2 aromatic carbocycles. The number of anilines is 2. The summed E-state index contributed by atoms with van der Waals surface area (Å²) in [6.07, 6.45) is 0. The fraction of sp³-hybridized carbons (Fsp3) is 0. The van der Waals surface area contributed by atoms with Crippen LogP contribution >= 0.6 is 11.6 Å².